The number of fused-ring (bicyclic) bond motifs is 2. The Bertz CT molecular complexity index is 1800. The first kappa shape index (κ1) is 24.0. The van der Waals surface area contributed by atoms with E-state index >= 15 is 4.39 Å². The number of hydrogen-bond donors (Lipinski definition) is 1. The number of nitrogens with one attached hydrogen (secondary N) is 1. The lowest BCUT2D eigenvalue weighted by molar-refractivity contribution is 0.297. The SMILES string of the molecule is Cc1cc(-n2nc3c(c2-n2ccn(-c4ccc5c(cnn5C5CCC5)c4F)c2=O)[C@H](C)NCC3)cc(C)c1F. The predicted molar refractivity (Wildman–Crippen MR) is 144 cm³/mol. The van der Waals surface area contributed by atoms with Crippen molar-refractivity contribution >= 4 is 10.9 Å². The Kier molecular flexibility index (Phi) is 5.38. The molecule has 0 bridgehead atoms. The van der Waals surface area contributed by atoms with Crippen molar-refractivity contribution in [1.82, 2.24) is 34.0 Å². The molecule has 1 aliphatic carbocycles. The molecule has 2 aromatic carbocycles. The molecule has 0 amide bonds. The van der Waals surface area contributed by atoms with Gasteiger partial charge >= 0.3 is 5.69 Å². The lowest BCUT2D eigenvalue weighted by Crippen LogP contribution is -2.30. The van der Waals surface area contributed by atoms with Crippen molar-refractivity contribution in [2.45, 2.75) is 58.5 Å². The summed E-state index contributed by atoms with van der Waals surface area (Å²) in [5.74, 6) is -0.173. The highest BCUT2D eigenvalue weighted by Crippen LogP contribution is 2.35. The van der Waals surface area contributed by atoms with E-state index in [4.69, 9.17) is 5.10 Å². The van der Waals surface area contributed by atoms with Crippen LogP contribution in [0, 0.1) is 25.5 Å². The van der Waals surface area contributed by atoms with Crippen LogP contribution in [0.2, 0.25) is 0 Å². The smallest absolute Gasteiger partial charge is 0.310 e. The van der Waals surface area contributed by atoms with Crippen LogP contribution in [0.3, 0.4) is 0 Å². The van der Waals surface area contributed by atoms with E-state index < -0.39 is 11.5 Å². The van der Waals surface area contributed by atoms with Crippen LogP contribution in [0.15, 0.2) is 47.7 Å². The van der Waals surface area contributed by atoms with Gasteiger partial charge in [0.2, 0.25) is 0 Å². The highest BCUT2D eigenvalue weighted by molar-refractivity contribution is 5.82. The molecule has 200 valence electrons. The van der Waals surface area contributed by atoms with Crippen molar-refractivity contribution < 1.29 is 8.78 Å². The van der Waals surface area contributed by atoms with Crippen molar-refractivity contribution in [1.29, 1.82) is 0 Å². The maximum Gasteiger partial charge on any atom is 0.338 e. The second-order valence-electron chi connectivity index (χ2n) is 10.7. The highest BCUT2D eigenvalue weighted by Gasteiger charge is 2.29. The van der Waals surface area contributed by atoms with Crippen LogP contribution in [-0.4, -0.2) is 35.2 Å². The summed E-state index contributed by atoms with van der Waals surface area (Å²) in [6.07, 6.45) is 8.70. The van der Waals surface area contributed by atoms with E-state index in [1.165, 1.54) is 9.13 Å². The minimum Gasteiger partial charge on any atom is -0.310 e. The fraction of sp³-hybridized carbons (Fsp3) is 0.345. The van der Waals surface area contributed by atoms with Gasteiger partial charge in [0.1, 0.15) is 11.6 Å². The fourth-order valence-electron chi connectivity index (χ4n) is 5.97. The Morgan fingerprint density at radius 2 is 1.77 bits per heavy atom. The van der Waals surface area contributed by atoms with Crippen LogP contribution in [-0.2, 0) is 6.42 Å². The summed E-state index contributed by atoms with van der Waals surface area (Å²) < 4.78 is 36.7. The molecule has 8 nitrogen and oxygen atoms in total. The second kappa shape index (κ2) is 8.74. The third-order valence-corrected chi connectivity index (χ3v) is 8.26. The van der Waals surface area contributed by atoms with Gasteiger partial charge in [0.25, 0.3) is 0 Å². The molecule has 39 heavy (non-hydrogen) atoms. The third-order valence-electron chi connectivity index (χ3n) is 8.26. The molecular weight excluding hydrogens is 500 g/mol. The number of imidazole rings is 1. The number of aromatic nitrogens is 6. The Labute approximate surface area is 223 Å². The predicted octanol–water partition coefficient (Wildman–Crippen LogP) is 4.99. The summed E-state index contributed by atoms with van der Waals surface area (Å²) >= 11 is 0. The summed E-state index contributed by atoms with van der Waals surface area (Å²) in [6.45, 7) is 6.23. The molecule has 0 radical (unpaired) electrons. The molecule has 1 N–H and O–H groups in total. The van der Waals surface area contributed by atoms with Crippen molar-refractivity contribution in [2.75, 3.05) is 6.54 Å². The van der Waals surface area contributed by atoms with Crippen molar-refractivity contribution in [3.63, 3.8) is 0 Å². The third kappa shape index (κ3) is 3.54. The molecule has 5 aromatic rings. The van der Waals surface area contributed by atoms with Crippen molar-refractivity contribution in [3.05, 3.63) is 87.4 Å². The van der Waals surface area contributed by atoms with Gasteiger partial charge in [0.05, 0.1) is 40.2 Å². The van der Waals surface area contributed by atoms with Crippen LogP contribution < -0.4 is 11.0 Å². The number of rotatable bonds is 4. The molecule has 1 fully saturated rings. The number of halogens is 2. The minimum atomic E-state index is -0.478. The van der Waals surface area contributed by atoms with E-state index in [1.807, 2.05) is 17.7 Å². The number of aryl methyl sites for hydroxylation is 2. The normalized spacial score (nSPS) is 17.5. The minimum absolute atomic E-state index is 0.0548. The first-order chi connectivity index (χ1) is 18.8. The Balaban J connectivity index is 1.40. The van der Waals surface area contributed by atoms with Gasteiger partial charge in [-0.1, -0.05) is 0 Å². The van der Waals surface area contributed by atoms with E-state index in [0.717, 1.165) is 42.6 Å². The molecule has 7 rings (SSSR count). The van der Waals surface area contributed by atoms with Gasteiger partial charge in [-0.2, -0.15) is 10.2 Å². The zero-order valence-electron chi connectivity index (χ0n) is 22.1. The van der Waals surface area contributed by atoms with E-state index in [2.05, 4.69) is 10.4 Å². The summed E-state index contributed by atoms with van der Waals surface area (Å²) in [5, 5.41) is 13.2. The maximum atomic E-state index is 15.8. The Morgan fingerprint density at radius 3 is 2.49 bits per heavy atom. The lowest BCUT2D eigenvalue weighted by Gasteiger charge is -2.26. The van der Waals surface area contributed by atoms with Gasteiger partial charge < -0.3 is 5.32 Å². The van der Waals surface area contributed by atoms with Crippen LogP contribution >= 0.6 is 0 Å². The average Bonchev–Trinajstić information content (AvgIpc) is 3.58. The molecule has 0 spiro atoms. The molecule has 4 heterocycles. The first-order valence-corrected chi connectivity index (χ1v) is 13.4. The van der Waals surface area contributed by atoms with Gasteiger partial charge in [-0.3, -0.25) is 13.8 Å². The molecular formula is C29H29F2N7O. The summed E-state index contributed by atoms with van der Waals surface area (Å²) in [5.41, 5.74) is 3.93. The van der Waals surface area contributed by atoms with Crippen LogP contribution in [0.1, 0.15) is 60.7 Å². The number of hydrogen-bond acceptors (Lipinski definition) is 4. The zero-order chi connectivity index (χ0) is 27.0. The van der Waals surface area contributed by atoms with Gasteiger partial charge in [0.15, 0.2) is 5.82 Å². The van der Waals surface area contributed by atoms with Gasteiger partial charge in [-0.25, -0.2) is 18.3 Å². The quantitative estimate of drug-likeness (QED) is 0.356. The molecule has 3 aromatic heterocycles. The molecule has 0 saturated heterocycles. The topological polar surface area (TPSA) is 74.6 Å². The summed E-state index contributed by atoms with van der Waals surface area (Å²) in [6, 6.07) is 7.20. The zero-order valence-corrected chi connectivity index (χ0v) is 22.1. The maximum absolute atomic E-state index is 15.8. The van der Waals surface area contributed by atoms with Crippen molar-refractivity contribution in [2.24, 2.45) is 0 Å². The molecule has 0 unspecified atom stereocenters. The summed E-state index contributed by atoms with van der Waals surface area (Å²) in [4.78, 5) is 13.9. The second-order valence-corrected chi connectivity index (χ2v) is 10.7. The average molecular weight is 530 g/mol. The lowest BCUT2D eigenvalue weighted by atomic mass is 9.93. The molecule has 1 aliphatic heterocycles. The fourth-order valence-corrected chi connectivity index (χ4v) is 5.97. The van der Waals surface area contributed by atoms with Gasteiger partial charge in [-0.15, -0.1) is 0 Å². The first-order valence-electron chi connectivity index (χ1n) is 13.4. The largest absolute Gasteiger partial charge is 0.338 e. The standard InChI is InChI=1S/C29H29F2N7O/c1-16-13-20(14-17(2)26(16)30)38-28(25-18(3)32-10-9-22(25)34-38)36-12-11-35(29(36)39)24-8-7-23-21(27(24)31)15-33-37(23)19-5-4-6-19/h7-8,11-15,18-19,32H,4-6,9-10H2,1-3H3/t18-/m0/s1. The highest BCUT2D eigenvalue weighted by atomic mass is 19.1. The van der Waals surface area contributed by atoms with Crippen molar-refractivity contribution in [3.8, 4) is 17.2 Å². The molecule has 1 saturated carbocycles. The van der Waals surface area contributed by atoms with Crippen LogP contribution in [0.5, 0.6) is 0 Å². The summed E-state index contributed by atoms with van der Waals surface area (Å²) in [7, 11) is 0. The molecule has 1 atom stereocenters. The van der Waals surface area contributed by atoms with E-state index in [-0.39, 0.29) is 17.5 Å². The van der Waals surface area contributed by atoms with E-state index in [1.54, 1.807) is 55.3 Å². The number of benzene rings is 2. The molecule has 10 heteroatoms. The van der Waals surface area contributed by atoms with Crippen LogP contribution in [0.4, 0.5) is 8.78 Å². The molecule has 2 aliphatic rings. The van der Waals surface area contributed by atoms with Gasteiger partial charge in [0, 0.05) is 37.0 Å². The van der Waals surface area contributed by atoms with Gasteiger partial charge in [-0.05, 0) is 75.4 Å². The van der Waals surface area contributed by atoms with E-state index in [9.17, 15) is 9.18 Å². The number of nitrogens with zero attached hydrogens (tertiary/aromatic N) is 6. The Hall–Kier alpha value is -4.05. The monoisotopic (exact) mass is 529 g/mol. The Morgan fingerprint density at radius 1 is 1.03 bits per heavy atom. The van der Waals surface area contributed by atoms with Crippen LogP contribution in [0.25, 0.3) is 28.1 Å². The van der Waals surface area contributed by atoms with E-state index in [0.29, 0.717) is 40.5 Å².